The third kappa shape index (κ3) is 1.69. The summed E-state index contributed by atoms with van der Waals surface area (Å²) < 4.78 is 1.74. The largest absolute Gasteiger partial charge is 0.275 e. The van der Waals surface area contributed by atoms with Crippen LogP contribution in [0.2, 0.25) is 5.15 Å². The molecule has 3 aromatic rings. The molecule has 4 nitrogen and oxygen atoms in total. The molecule has 0 spiro atoms. The first kappa shape index (κ1) is 11.4. The molecule has 4 rings (SSSR count). The van der Waals surface area contributed by atoms with Crippen LogP contribution in [-0.4, -0.2) is 19.7 Å². The molecule has 0 atom stereocenters. The summed E-state index contributed by atoms with van der Waals surface area (Å²) in [5.74, 6) is 0.658. The number of halogens is 1. The van der Waals surface area contributed by atoms with Crippen molar-refractivity contribution in [3.63, 3.8) is 0 Å². The Balaban J connectivity index is 1.96. The highest BCUT2D eigenvalue weighted by atomic mass is 35.5. The highest BCUT2D eigenvalue weighted by Gasteiger charge is 2.22. The molecule has 96 valence electrons. The summed E-state index contributed by atoms with van der Waals surface area (Å²) in [6.07, 6.45) is 7.13. The second-order valence-electron chi connectivity index (χ2n) is 4.78. The van der Waals surface area contributed by atoms with E-state index in [4.69, 9.17) is 11.6 Å². The van der Waals surface area contributed by atoms with Crippen molar-refractivity contribution in [2.45, 2.75) is 19.3 Å². The number of aryl methyl sites for hydroxylation is 3. The fourth-order valence-electron chi connectivity index (χ4n) is 2.62. The lowest BCUT2D eigenvalue weighted by atomic mass is 10.2. The van der Waals surface area contributed by atoms with Crippen molar-refractivity contribution in [1.29, 1.82) is 0 Å². The molecule has 3 aromatic heterocycles. The van der Waals surface area contributed by atoms with Crippen molar-refractivity contribution in [2.24, 2.45) is 7.05 Å². The molecule has 0 radical (unpaired) electrons. The van der Waals surface area contributed by atoms with E-state index in [1.54, 1.807) is 22.2 Å². The zero-order valence-electron chi connectivity index (χ0n) is 10.4. The SMILES string of the molecule is Cn1cc(-c2nc(Cl)c3c4c(sc3n2)CCC4)cn1. The summed E-state index contributed by atoms with van der Waals surface area (Å²) in [6, 6.07) is 0. The van der Waals surface area contributed by atoms with E-state index in [1.165, 1.54) is 16.9 Å². The lowest BCUT2D eigenvalue weighted by Crippen LogP contribution is -1.90. The Kier molecular flexibility index (Phi) is 2.40. The van der Waals surface area contributed by atoms with Crippen LogP contribution >= 0.6 is 22.9 Å². The van der Waals surface area contributed by atoms with Crippen LogP contribution in [0.5, 0.6) is 0 Å². The summed E-state index contributed by atoms with van der Waals surface area (Å²) >= 11 is 8.13. The van der Waals surface area contributed by atoms with Gasteiger partial charge in [-0.25, -0.2) is 9.97 Å². The van der Waals surface area contributed by atoms with Gasteiger partial charge in [0.15, 0.2) is 5.82 Å². The molecular formula is C13H11ClN4S. The van der Waals surface area contributed by atoms with E-state index in [9.17, 15) is 0 Å². The van der Waals surface area contributed by atoms with Crippen LogP contribution in [0.15, 0.2) is 12.4 Å². The fourth-order valence-corrected chi connectivity index (χ4v) is 4.22. The molecule has 0 unspecified atom stereocenters. The second-order valence-corrected chi connectivity index (χ2v) is 6.22. The van der Waals surface area contributed by atoms with Gasteiger partial charge in [0.2, 0.25) is 0 Å². The Hall–Kier alpha value is -1.46. The van der Waals surface area contributed by atoms with E-state index in [-0.39, 0.29) is 0 Å². The predicted octanol–water partition coefficient (Wildman–Crippen LogP) is 3.23. The molecule has 19 heavy (non-hydrogen) atoms. The number of aromatic nitrogens is 4. The maximum absolute atomic E-state index is 6.37. The van der Waals surface area contributed by atoms with Crippen LogP contribution in [0.1, 0.15) is 16.9 Å². The quantitative estimate of drug-likeness (QED) is 0.646. The summed E-state index contributed by atoms with van der Waals surface area (Å²) in [5.41, 5.74) is 2.27. The van der Waals surface area contributed by atoms with Crippen molar-refractivity contribution in [2.75, 3.05) is 0 Å². The summed E-state index contributed by atoms with van der Waals surface area (Å²) in [6.45, 7) is 0. The fraction of sp³-hybridized carbons (Fsp3) is 0.308. The zero-order valence-corrected chi connectivity index (χ0v) is 11.9. The second kappa shape index (κ2) is 4.02. The molecule has 0 fully saturated rings. The minimum atomic E-state index is 0.572. The first-order valence-electron chi connectivity index (χ1n) is 6.19. The minimum Gasteiger partial charge on any atom is -0.275 e. The molecular weight excluding hydrogens is 280 g/mol. The van der Waals surface area contributed by atoms with Crippen molar-refractivity contribution in [3.8, 4) is 11.4 Å². The van der Waals surface area contributed by atoms with E-state index in [0.29, 0.717) is 11.0 Å². The number of hydrogen-bond acceptors (Lipinski definition) is 4. The van der Waals surface area contributed by atoms with E-state index in [0.717, 1.165) is 28.6 Å². The van der Waals surface area contributed by atoms with E-state index in [2.05, 4.69) is 15.1 Å². The molecule has 6 heteroatoms. The van der Waals surface area contributed by atoms with Gasteiger partial charge in [0, 0.05) is 18.1 Å². The number of nitrogens with zero attached hydrogens (tertiary/aromatic N) is 4. The highest BCUT2D eigenvalue weighted by Crippen LogP contribution is 2.39. The Morgan fingerprint density at radius 2 is 2.21 bits per heavy atom. The summed E-state index contributed by atoms with van der Waals surface area (Å²) in [5, 5.41) is 5.78. The van der Waals surface area contributed by atoms with Crippen LogP contribution in [0.4, 0.5) is 0 Å². The normalized spacial score (nSPS) is 14.2. The third-order valence-electron chi connectivity index (χ3n) is 3.48. The highest BCUT2D eigenvalue weighted by molar-refractivity contribution is 7.19. The molecule has 0 amide bonds. The number of fused-ring (bicyclic) bond motifs is 3. The Morgan fingerprint density at radius 1 is 1.32 bits per heavy atom. The number of rotatable bonds is 1. The van der Waals surface area contributed by atoms with Crippen LogP contribution < -0.4 is 0 Å². The van der Waals surface area contributed by atoms with Gasteiger partial charge in [-0.15, -0.1) is 11.3 Å². The van der Waals surface area contributed by atoms with Crippen LogP contribution in [0.25, 0.3) is 21.6 Å². The predicted molar refractivity (Wildman–Crippen MR) is 76.7 cm³/mol. The summed E-state index contributed by atoms with van der Waals surface area (Å²) in [7, 11) is 1.88. The van der Waals surface area contributed by atoms with Gasteiger partial charge in [-0.3, -0.25) is 4.68 Å². The molecule has 1 aliphatic carbocycles. The molecule has 1 aliphatic rings. The van der Waals surface area contributed by atoms with Gasteiger partial charge in [0.05, 0.1) is 17.1 Å². The Bertz CT molecular complexity index is 789. The first-order chi connectivity index (χ1) is 9.22. The standard InChI is InChI=1S/C13H11ClN4S/c1-18-6-7(5-15-18)12-16-11(14)10-8-3-2-4-9(8)19-13(10)17-12/h5-6H,2-4H2,1H3. The van der Waals surface area contributed by atoms with E-state index >= 15 is 0 Å². The molecule has 0 saturated carbocycles. The van der Waals surface area contributed by atoms with Gasteiger partial charge in [-0.05, 0) is 24.8 Å². The average Bonchev–Trinajstić information content (AvgIpc) is 3.02. The van der Waals surface area contributed by atoms with Gasteiger partial charge in [0.25, 0.3) is 0 Å². The third-order valence-corrected chi connectivity index (χ3v) is 4.94. The lowest BCUT2D eigenvalue weighted by molar-refractivity contribution is 0.768. The van der Waals surface area contributed by atoms with E-state index < -0.39 is 0 Å². The molecule has 3 heterocycles. The van der Waals surface area contributed by atoms with Crippen molar-refractivity contribution >= 4 is 33.2 Å². The summed E-state index contributed by atoms with van der Waals surface area (Å²) in [4.78, 5) is 11.5. The monoisotopic (exact) mass is 290 g/mol. The van der Waals surface area contributed by atoms with Gasteiger partial charge < -0.3 is 0 Å². The van der Waals surface area contributed by atoms with Crippen LogP contribution in [0, 0.1) is 0 Å². The maximum Gasteiger partial charge on any atom is 0.165 e. The first-order valence-corrected chi connectivity index (χ1v) is 7.38. The van der Waals surface area contributed by atoms with Gasteiger partial charge in [-0.1, -0.05) is 11.6 Å². The smallest absolute Gasteiger partial charge is 0.165 e. The Labute approximate surface area is 119 Å². The van der Waals surface area contributed by atoms with Crippen LogP contribution in [-0.2, 0) is 19.9 Å². The van der Waals surface area contributed by atoms with E-state index in [1.807, 2.05) is 13.2 Å². The molecule has 0 saturated heterocycles. The molecule has 0 bridgehead atoms. The topological polar surface area (TPSA) is 43.6 Å². The zero-order chi connectivity index (χ0) is 13.0. The van der Waals surface area contributed by atoms with Gasteiger partial charge in [-0.2, -0.15) is 5.10 Å². The number of thiophene rings is 1. The molecule has 0 aliphatic heterocycles. The van der Waals surface area contributed by atoms with Crippen molar-refractivity contribution in [1.82, 2.24) is 19.7 Å². The van der Waals surface area contributed by atoms with Crippen LogP contribution in [0.3, 0.4) is 0 Å². The minimum absolute atomic E-state index is 0.572. The van der Waals surface area contributed by atoms with Crippen molar-refractivity contribution in [3.05, 3.63) is 28.0 Å². The lowest BCUT2D eigenvalue weighted by Gasteiger charge is -2.00. The van der Waals surface area contributed by atoms with Gasteiger partial charge in [0.1, 0.15) is 9.98 Å². The van der Waals surface area contributed by atoms with Crippen molar-refractivity contribution < 1.29 is 0 Å². The molecule has 0 aromatic carbocycles. The number of hydrogen-bond donors (Lipinski definition) is 0. The average molecular weight is 291 g/mol. The van der Waals surface area contributed by atoms with Gasteiger partial charge >= 0.3 is 0 Å². The maximum atomic E-state index is 6.37. The Morgan fingerprint density at radius 3 is 3.00 bits per heavy atom. The molecule has 0 N–H and O–H groups in total.